The van der Waals surface area contributed by atoms with Crippen molar-refractivity contribution in [2.45, 2.75) is 58.5 Å². The second kappa shape index (κ2) is 11.4. The average molecular weight is 646 g/mol. The molecular weight excluding hydrogens is 603 g/mol. The molecule has 0 amide bonds. The average Bonchev–Trinajstić information content (AvgIpc) is 3.30. The zero-order valence-electron chi connectivity index (χ0n) is 28.8. The summed E-state index contributed by atoms with van der Waals surface area (Å²) >= 11 is 0. The Morgan fingerprint density at radius 2 is 0.915 bits per heavy atom. The summed E-state index contributed by atoms with van der Waals surface area (Å²) in [5.41, 5.74) is 10.8. The summed E-state index contributed by atoms with van der Waals surface area (Å²) in [5, 5.41) is 2.89. The zero-order valence-corrected chi connectivity index (χ0v) is 30.8. The number of hydrogen-bond donors (Lipinski definition) is 0. The fraction of sp³-hybridized carbons (Fsp3) is 0.214. The maximum atomic E-state index is 5.20. The molecule has 0 saturated carbocycles. The van der Waals surface area contributed by atoms with Gasteiger partial charge in [-0.15, -0.1) is 0 Å². The standard InChI is InChI=1S/C42H43N3Si2/c1-42(2)37-20-13-12-19-35(37)36-26-30(21-22-38(36)42)29-17-14-18-31(23-29)40-43-39(28-15-10-9-11-16-28)44-41(45-40)32-24-33(46(3,4)5)27-34(25-32)47(6,7)8/h9-27H,1-8H3. The van der Waals surface area contributed by atoms with Crippen molar-refractivity contribution in [3.63, 3.8) is 0 Å². The Balaban J connectivity index is 1.38. The van der Waals surface area contributed by atoms with Crippen LogP contribution < -0.4 is 10.4 Å². The van der Waals surface area contributed by atoms with Crippen LogP contribution in [0.1, 0.15) is 25.0 Å². The third-order valence-electron chi connectivity index (χ3n) is 9.63. The second-order valence-electron chi connectivity index (χ2n) is 15.5. The van der Waals surface area contributed by atoms with E-state index < -0.39 is 16.1 Å². The van der Waals surface area contributed by atoms with Crippen LogP contribution in [-0.2, 0) is 5.41 Å². The fourth-order valence-corrected chi connectivity index (χ4v) is 9.21. The molecule has 0 fully saturated rings. The molecule has 0 aliphatic heterocycles. The molecule has 0 radical (unpaired) electrons. The molecule has 5 aromatic carbocycles. The lowest BCUT2D eigenvalue weighted by molar-refractivity contribution is 0.660. The molecule has 6 aromatic rings. The number of rotatable bonds is 6. The maximum absolute atomic E-state index is 5.20. The lowest BCUT2D eigenvalue weighted by Gasteiger charge is -2.24. The van der Waals surface area contributed by atoms with Gasteiger partial charge in [-0.05, 0) is 45.5 Å². The van der Waals surface area contributed by atoms with Crippen molar-refractivity contribution in [1.29, 1.82) is 0 Å². The Bertz CT molecular complexity index is 2100. The molecule has 3 nitrogen and oxygen atoms in total. The number of aromatic nitrogens is 3. The normalized spacial score (nSPS) is 13.7. The largest absolute Gasteiger partial charge is 0.208 e. The van der Waals surface area contributed by atoms with Gasteiger partial charge >= 0.3 is 0 Å². The molecule has 5 heteroatoms. The predicted molar refractivity (Wildman–Crippen MR) is 205 cm³/mol. The summed E-state index contributed by atoms with van der Waals surface area (Å²) in [6, 6.07) is 41.8. The van der Waals surface area contributed by atoms with Crippen LogP contribution in [0.2, 0.25) is 39.3 Å². The molecular formula is C42H43N3Si2. The van der Waals surface area contributed by atoms with Crippen LogP contribution in [0.3, 0.4) is 0 Å². The molecule has 1 aliphatic rings. The number of benzene rings is 5. The van der Waals surface area contributed by atoms with Crippen molar-refractivity contribution in [2.24, 2.45) is 0 Å². The summed E-state index contributed by atoms with van der Waals surface area (Å²) in [5.74, 6) is 2.12. The van der Waals surface area contributed by atoms with Crippen LogP contribution in [0.25, 0.3) is 56.4 Å². The van der Waals surface area contributed by atoms with E-state index in [-0.39, 0.29) is 5.41 Å². The highest BCUT2D eigenvalue weighted by molar-refractivity contribution is 6.91. The highest BCUT2D eigenvalue weighted by Gasteiger charge is 2.35. The van der Waals surface area contributed by atoms with Crippen LogP contribution in [0.4, 0.5) is 0 Å². The van der Waals surface area contributed by atoms with E-state index in [4.69, 9.17) is 15.0 Å². The van der Waals surface area contributed by atoms with E-state index in [1.54, 1.807) is 0 Å². The van der Waals surface area contributed by atoms with E-state index >= 15 is 0 Å². The van der Waals surface area contributed by atoms with Crippen molar-refractivity contribution in [1.82, 2.24) is 15.0 Å². The summed E-state index contributed by atoms with van der Waals surface area (Å²) in [4.78, 5) is 15.4. The lowest BCUT2D eigenvalue weighted by Crippen LogP contribution is -2.45. The van der Waals surface area contributed by atoms with Gasteiger partial charge in [0.2, 0.25) is 0 Å². The minimum absolute atomic E-state index is 0.0104. The molecule has 234 valence electrons. The van der Waals surface area contributed by atoms with Crippen molar-refractivity contribution in [3.8, 4) is 56.4 Å². The van der Waals surface area contributed by atoms with Crippen LogP contribution >= 0.6 is 0 Å². The van der Waals surface area contributed by atoms with Crippen LogP contribution in [0.15, 0.2) is 115 Å². The maximum Gasteiger partial charge on any atom is 0.164 e. The Morgan fingerprint density at radius 3 is 1.57 bits per heavy atom. The summed E-state index contributed by atoms with van der Waals surface area (Å²) in [7, 11) is -3.19. The molecule has 0 saturated heterocycles. The van der Waals surface area contributed by atoms with E-state index in [1.165, 1.54) is 38.2 Å². The van der Waals surface area contributed by atoms with Gasteiger partial charge in [0.05, 0.1) is 16.1 Å². The Hall–Kier alpha value is -4.46. The lowest BCUT2D eigenvalue weighted by atomic mass is 9.82. The van der Waals surface area contributed by atoms with Gasteiger partial charge in [0.25, 0.3) is 0 Å². The first-order chi connectivity index (χ1) is 22.3. The van der Waals surface area contributed by atoms with Gasteiger partial charge in [0.1, 0.15) is 0 Å². The third-order valence-corrected chi connectivity index (χ3v) is 13.7. The van der Waals surface area contributed by atoms with Gasteiger partial charge in [-0.25, -0.2) is 15.0 Å². The molecule has 0 atom stereocenters. The molecule has 0 N–H and O–H groups in total. The fourth-order valence-electron chi connectivity index (χ4n) is 6.71. The predicted octanol–water partition coefficient (Wildman–Crippen LogP) is 9.94. The molecule has 0 unspecified atom stereocenters. The van der Waals surface area contributed by atoms with Gasteiger partial charge in [-0.1, -0.05) is 167 Å². The molecule has 0 bridgehead atoms. The topological polar surface area (TPSA) is 38.7 Å². The first-order valence-corrected chi connectivity index (χ1v) is 23.6. The smallest absolute Gasteiger partial charge is 0.164 e. The minimum atomic E-state index is -1.60. The van der Waals surface area contributed by atoms with Crippen molar-refractivity contribution >= 4 is 26.5 Å². The number of hydrogen-bond acceptors (Lipinski definition) is 3. The van der Waals surface area contributed by atoms with Crippen molar-refractivity contribution in [2.75, 3.05) is 0 Å². The van der Waals surface area contributed by atoms with Crippen molar-refractivity contribution < 1.29 is 0 Å². The SMILES string of the molecule is CC1(C)c2ccccc2-c2cc(-c3cccc(-c4nc(-c5ccccc5)nc(-c5cc([Si](C)(C)C)cc([Si](C)(C)C)c5)n4)c3)ccc21. The van der Waals surface area contributed by atoms with Crippen molar-refractivity contribution in [3.05, 3.63) is 126 Å². The third kappa shape index (κ3) is 5.83. The van der Waals surface area contributed by atoms with Gasteiger partial charge < -0.3 is 0 Å². The first-order valence-electron chi connectivity index (χ1n) is 16.6. The van der Waals surface area contributed by atoms with Gasteiger partial charge in [-0.2, -0.15) is 0 Å². The Kier molecular flexibility index (Phi) is 7.53. The summed E-state index contributed by atoms with van der Waals surface area (Å²) < 4.78 is 0. The van der Waals surface area contributed by atoms with E-state index in [0.29, 0.717) is 11.6 Å². The molecule has 47 heavy (non-hydrogen) atoms. The molecule has 7 rings (SSSR count). The van der Waals surface area contributed by atoms with Crippen LogP contribution in [0, 0.1) is 0 Å². The highest BCUT2D eigenvalue weighted by atomic mass is 28.3. The number of fused-ring (bicyclic) bond motifs is 3. The minimum Gasteiger partial charge on any atom is -0.208 e. The van der Waals surface area contributed by atoms with Gasteiger partial charge in [0, 0.05) is 22.1 Å². The van der Waals surface area contributed by atoms with E-state index in [0.717, 1.165) is 28.1 Å². The van der Waals surface area contributed by atoms with Crippen LogP contribution in [0.5, 0.6) is 0 Å². The van der Waals surface area contributed by atoms with E-state index in [9.17, 15) is 0 Å². The van der Waals surface area contributed by atoms with Gasteiger partial charge in [-0.3, -0.25) is 0 Å². The summed E-state index contributed by atoms with van der Waals surface area (Å²) in [6.07, 6.45) is 0. The zero-order chi connectivity index (χ0) is 33.1. The van der Waals surface area contributed by atoms with Gasteiger partial charge in [0.15, 0.2) is 17.5 Å². The quantitative estimate of drug-likeness (QED) is 0.169. The monoisotopic (exact) mass is 645 g/mol. The highest BCUT2D eigenvalue weighted by Crippen LogP contribution is 2.49. The summed E-state index contributed by atoms with van der Waals surface area (Å²) in [6.45, 7) is 19.1. The first kappa shape index (κ1) is 31.2. The molecule has 1 aromatic heterocycles. The van der Waals surface area contributed by atoms with Crippen LogP contribution in [-0.4, -0.2) is 31.1 Å². The second-order valence-corrected chi connectivity index (χ2v) is 25.6. The Labute approximate surface area is 281 Å². The van der Waals surface area contributed by atoms with E-state index in [1.807, 2.05) is 18.2 Å². The van der Waals surface area contributed by atoms with E-state index in [2.05, 4.69) is 150 Å². The Morgan fingerprint density at radius 1 is 0.404 bits per heavy atom. The number of nitrogens with zero attached hydrogens (tertiary/aromatic N) is 3. The molecule has 0 spiro atoms. The molecule has 1 heterocycles. The molecule has 1 aliphatic carbocycles.